The van der Waals surface area contributed by atoms with E-state index in [0.717, 1.165) is 58.3 Å². The molecule has 5 fully saturated rings. The number of piperidine rings is 1. The average Bonchev–Trinajstić information content (AvgIpc) is 2.87. The number of hydrogen-bond donors (Lipinski definition) is 4. The topological polar surface area (TPSA) is 94.7 Å². The van der Waals surface area contributed by atoms with Gasteiger partial charge in [-0.2, -0.15) is 4.72 Å². The first-order chi connectivity index (χ1) is 18.7. The van der Waals surface area contributed by atoms with Crippen molar-refractivity contribution in [2.24, 2.45) is 11.3 Å². The third kappa shape index (κ3) is 6.10. The fourth-order valence-electron chi connectivity index (χ4n) is 8.40. The Bertz CT molecular complexity index is 1100. The Morgan fingerprint density at radius 1 is 1.00 bits per heavy atom. The van der Waals surface area contributed by atoms with Gasteiger partial charge in [-0.05, 0) is 107 Å². The standard InChI is InChI=1S/C30H49N5O3S/c1-20-6-4-7-21(2)28(20)26-15-27-33-29(32-26)34-39(36,37)25-9-5-8-23(14-25)19-35(18-22(3)38-27)24-16-30(17-24)10-12-31-13-11-30/h4,6-7,22-27,29,31-34H,5,8-19H2,1-3H3/t22-,23?,25?,26?,27?,29?/m1/s1. The summed E-state index contributed by atoms with van der Waals surface area (Å²) in [5.41, 5.74) is 4.21. The molecule has 0 radical (unpaired) electrons. The fraction of sp³-hybridized carbons (Fsp3) is 0.800. The van der Waals surface area contributed by atoms with Gasteiger partial charge in [0, 0.05) is 31.6 Å². The molecular weight excluding hydrogens is 510 g/mol. The third-order valence-electron chi connectivity index (χ3n) is 10.4. The van der Waals surface area contributed by atoms with Crippen molar-refractivity contribution >= 4 is 10.0 Å². The van der Waals surface area contributed by atoms with Crippen molar-refractivity contribution in [3.05, 3.63) is 34.9 Å². The number of rotatable bonds is 2. The van der Waals surface area contributed by atoms with Crippen LogP contribution in [0, 0.1) is 25.2 Å². The molecular formula is C30H49N5O3S. The van der Waals surface area contributed by atoms with E-state index in [-0.39, 0.29) is 23.6 Å². The summed E-state index contributed by atoms with van der Waals surface area (Å²) < 4.78 is 37.1. The zero-order valence-electron chi connectivity index (χ0n) is 24.0. The highest BCUT2D eigenvalue weighted by Crippen LogP contribution is 2.50. The lowest BCUT2D eigenvalue weighted by atomic mass is 9.60. The Morgan fingerprint density at radius 3 is 2.49 bits per heavy atom. The smallest absolute Gasteiger partial charge is 0.216 e. The van der Waals surface area contributed by atoms with E-state index in [1.165, 1.54) is 42.4 Å². The number of hydrogen-bond acceptors (Lipinski definition) is 7. The SMILES string of the molecule is Cc1cccc(C)c1C1CC2NC(N1)NS(=O)(=O)C1CCCC(C1)CN(C1CC3(CCNCC3)C1)C[C@@H](C)O2. The molecule has 39 heavy (non-hydrogen) atoms. The minimum absolute atomic E-state index is 0.00378. The molecule has 6 atom stereocenters. The van der Waals surface area contributed by atoms with Crippen LogP contribution in [0.1, 0.15) is 87.4 Å². The Morgan fingerprint density at radius 2 is 1.74 bits per heavy atom. The molecule has 1 aromatic carbocycles. The molecule has 8 nitrogen and oxygen atoms in total. The highest BCUT2D eigenvalue weighted by atomic mass is 32.2. The molecule has 218 valence electrons. The summed E-state index contributed by atoms with van der Waals surface area (Å²) in [7, 11) is -3.49. The van der Waals surface area contributed by atoms with Crippen LogP contribution < -0.4 is 20.7 Å². The van der Waals surface area contributed by atoms with Crippen molar-refractivity contribution in [2.75, 3.05) is 26.2 Å². The quantitative estimate of drug-likeness (QED) is 0.442. The molecule has 1 spiro atoms. The van der Waals surface area contributed by atoms with E-state index in [9.17, 15) is 8.42 Å². The molecule has 4 N–H and O–H groups in total. The van der Waals surface area contributed by atoms with E-state index in [0.29, 0.717) is 17.4 Å². The first-order valence-corrected chi connectivity index (χ1v) is 16.9. The Balaban J connectivity index is 1.25. The molecule has 3 saturated heterocycles. The first kappa shape index (κ1) is 28.1. The van der Waals surface area contributed by atoms with Crippen LogP contribution in [0.5, 0.6) is 0 Å². The van der Waals surface area contributed by atoms with Gasteiger partial charge < -0.3 is 10.1 Å². The van der Waals surface area contributed by atoms with Gasteiger partial charge in [-0.1, -0.05) is 24.6 Å². The summed E-state index contributed by atoms with van der Waals surface area (Å²) in [6.45, 7) is 10.7. The lowest BCUT2D eigenvalue weighted by molar-refractivity contribution is -0.0890. The van der Waals surface area contributed by atoms with Gasteiger partial charge in [-0.25, -0.2) is 8.42 Å². The predicted molar refractivity (Wildman–Crippen MR) is 155 cm³/mol. The number of fused-ring (bicyclic) bond motifs is 4. The number of aryl methyl sites for hydroxylation is 2. The van der Waals surface area contributed by atoms with E-state index < -0.39 is 16.3 Å². The van der Waals surface area contributed by atoms with Crippen molar-refractivity contribution in [1.82, 2.24) is 25.6 Å². The van der Waals surface area contributed by atoms with Gasteiger partial charge in [0.15, 0.2) is 0 Å². The lowest BCUT2D eigenvalue weighted by Gasteiger charge is -2.55. The van der Waals surface area contributed by atoms with Crippen molar-refractivity contribution in [2.45, 2.75) is 115 Å². The second kappa shape index (κ2) is 11.3. The van der Waals surface area contributed by atoms with Gasteiger partial charge in [0.25, 0.3) is 0 Å². The summed E-state index contributed by atoms with van der Waals surface area (Å²) in [4.78, 5) is 2.68. The molecule has 5 unspecified atom stereocenters. The van der Waals surface area contributed by atoms with Crippen molar-refractivity contribution in [3.63, 3.8) is 0 Å². The van der Waals surface area contributed by atoms with Gasteiger partial charge in [0.2, 0.25) is 10.0 Å². The number of nitrogens with zero attached hydrogens (tertiary/aromatic N) is 1. The number of nitrogens with one attached hydrogen (secondary N) is 4. The normalized spacial score (nSPS) is 37.7. The molecule has 4 bridgehead atoms. The highest BCUT2D eigenvalue weighted by Gasteiger charge is 2.48. The minimum atomic E-state index is -3.49. The van der Waals surface area contributed by atoms with Gasteiger partial charge in [0.05, 0.1) is 11.4 Å². The van der Waals surface area contributed by atoms with E-state index in [2.05, 4.69) is 64.5 Å². The second-order valence-electron chi connectivity index (χ2n) is 13.4. The average molecular weight is 560 g/mol. The van der Waals surface area contributed by atoms with Gasteiger partial charge in [-0.15, -0.1) is 0 Å². The van der Waals surface area contributed by atoms with Gasteiger partial charge in [-0.3, -0.25) is 15.5 Å². The molecule has 2 saturated carbocycles. The summed E-state index contributed by atoms with van der Waals surface area (Å²) in [5, 5.41) is 10.2. The van der Waals surface area contributed by atoms with Crippen LogP contribution in [-0.2, 0) is 14.8 Å². The highest BCUT2D eigenvalue weighted by molar-refractivity contribution is 7.90. The van der Waals surface area contributed by atoms with Gasteiger partial charge in [0.1, 0.15) is 12.5 Å². The van der Waals surface area contributed by atoms with Crippen molar-refractivity contribution < 1.29 is 13.2 Å². The molecule has 6 rings (SSSR count). The molecule has 5 aliphatic rings. The number of ether oxygens (including phenoxy) is 1. The summed E-state index contributed by atoms with van der Waals surface area (Å²) in [6, 6.07) is 6.96. The molecule has 3 aliphatic heterocycles. The van der Waals surface area contributed by atoms with Crippen LogP contribution in [-0.4, -0.2) is 69.4 Å². The van der Waals surface area contributed by atoms with Crippen molar-refractivity contribution in [3.8, 4) is 0 Å². The van der Waals surface area contributed by atoms with E-state index >= 15 is 0 Å². The molecule has 1 aromatic rings. The van der Waals surface area contributed by atoms with Crippen molar-refractivity contribution in [1.29, 1.82) is 0 Å². The molecule has 0 aromatic heterocycles. The fourth-order valence-corrected chi connectivity index (χ4v) is 10.1. The molecule has 9 heteroatoms. The zero-order valence-corrected chi connectivity index (χ0v) is 24.9. The maximum Gasteiger partial charge on any atom is 0.216 e. The maximum absolute atomic E-state index is 13.7. The first-order valence-electron chi connectivity index (χ1n) is 15.4. The Kier molecular flexibility index (Phi) is 8.14. The Labute approximate surface area is 235 Å². The van der Waals surface area contributed by atoms with Crippen LogP contribution in [0.4, 0.5) is 0 Å². The summed E-state index contributed by atoms with van der Waals surface area (Å²) in [6.07, 6.45) is 8.74. The van der Waals surface area contributed by atoms with Crippen LogP contribution in [0.15, 0.2) is 18.2 Å². The molecule has 0 amide bonds. The van der Waals surface area contributed by atoms with Crippen LogP contribution in [0.3, 0.4) is 0 Å². The summed E-state index contributed by atoms with van der Waals surface area (Å²) in [5.74, 6) is 0.417. The molecule has 2 aliphatic carbocycles. The third-order valence-corrected chi connectivity index (χ3v) is 12.3. The second-order valence-corrected chi connectivity index (χ2v) is 15.4. The Hall–Kier alpha value is -1.07. The maximum atomic E-state index is 13.7. The zero-order chi connectivity index (χ0) is 27.2. The van der Waals surface area contributed by atoms with Gasteiger partial charge >= 0.3 is 0 Å². The van der Waals surface area contributed by atoms with E-state index in [4.69, 9.17) is 4.74 Å². The summed E-state index contributed by atoms with van der Waals surface area (Å²) >= 11 is 0. The predicted octanol–water partition coefficient (Wildman–Crippen LogP) is 3.27. The monoisotopic (exact) mass is 559 g/mol. The largest absolute Gasteiger partial charge is 0.359 e. The van der Waals surface area contributed by atoms with Crippen LogP contribution >= 0.6 is 0 Å². The van der Waals surface area contributed by atoms with Crippen LogP contribution in [0.2, 0.25) is 0 Å². The van der Waals surface area contributed by atoms with E-state index in [1.54, 1.807) is 0 Å². The van der Waals surface area contributed by atoms with E-state index in [1.807, 2.05) is 0 Å². The number of benzene rings is 1. The molecule has 3 heterocycles. The number of sulfonamides is 1. The lowest BCUT2D eigenvalue weighted by Crippen LogP contribution is -2.64. The minimum Gasteiger partial charge on any atom is -0.359 e. The van der Waals surface area contributed by atoms with Crippen LogP contribution in [0.25, 0.3) is 0 Å².